The van der Waals surface area contributed by atoms with Crippen LogP contribution in [0.25, 0.3) is 0 Å². The predicted molar refractivity (Wildman–Crippen MR) is 83.0 cm³/mol. The normalized spacial score (nSPS) is 9.70. The molecule has 0 unspecified atom stereocenters. The summed E-state index contributed by atoms with van der Waals surface area (Å²) in [5.74, 6) is -0.105. The fraction of sp³-hybridized carbons (Fsp3) is 0.417. The van der Waals surface area contributed by atoms with Gasteiger partial charge in [0.15, 0.2) is 0 Å². The molecule has 8 heteroatoms. The van der Waals surface area contributed by atoms with Crippen molar-refractivity contribution in [1.29, 1.82) is 0 Å². The second-order valence-electron chi connectivity index (χ2n) is 4.06. The Hall–Kier alpha value is -1.18. The van der Waals surface area contributed by atoms with Gasteiger partial charge in [-0.05, 0) is 24.9 Å². The highest BCUT2D eigenvalue weighted by atomic mass is 79.9. The van der Waals surface area contributed by atoms with E-state index in [-0.39, 0.29) is 30.4 Å². The van der Waals surface area contributed by atoms with E-state index in [4.69, 9.17) is 5.73 Å². The molecular weight excluding hydrogens is 350 g/mol. The van der Waals surface area contributed by atoms with Gasteiger partial charge in [-0.15, -0.1) is 12.4 Å². The second-order valence-corrected chi connectivity index (χ2v) is 4.91. The number of nitro groups is 1. The van der Waals surface area contributed by atoms with Crippen LogP contribution in [0.4, 0.5) is 5.69 Å². The minimum absolute atomic E-state index is 0. The van der Waals surface area contributed by atoms with Crippen LogP contribution in [0.1, 0.15) is 18.4 Å². The number of benzene rings is 1. The molecule has 0 atom stereocenters. The van der Waals surface area contributed by atoms with E-state index in [1.807, 2.05) is 0 Å². The number of hydrogen-bond acceptors (Lipinski definition) is 4. The number of nitrogens with zero attached hydrogens (tertiary/aromatic N) is 1. The highest BCUT2D eigenvalue weighted by Gasteiger charge is 2.11. The molecule has 1 rings (SSSR count). The van der Waals surface area contributed by atoms with E-state index in [2.05, 4.69) is 21.2 Å². The molecule has 0 aliphatic carbocycles. The Labute approximate surface area is 131 Å². The zero-order chi connectivity index (χ0) is 14.3. The zero-order valence-corrected chi connectivity index (χ0v) is 13.2. The molecule has 0 saturated carbocycles. The summed E-state index contributed by atoms with van der Waals surface area (Å²) in [6.45, 7) is 1.21. The number of carbonyl (C=O) groups excluding carboxylic acids is 1. The molecule has 0 saturated heterocycles. The van der Waals surface area contributed by atoms with Crippen molar-refractivity contribution >= 4 is 39.9 Å². The molecule has 0 aromatic heterocycles. The fourth-order valence-corrected chi connectivity index (χ4v) is 2.03. The number of nitro benzene ring substituents is 1. The van der Waals surface area contributed by atoms with Gasteiger partial charge in [-0.1, -0.05) is 22.0 Å². The summed E-state index contributed by atoms with van der Waals surface area (Å²) < 4.78 is 0.568. The summed E-state index contributed by atoms with van der Waals surface area (Å²) in [7, 11) is 0. The van der Waals surface area contributed by atoms with Crippen molar-refractivity contribution in [1.82, 2.24) is 5.32 Å². The van der Waals surface area contributed by atoms with E-state index in [0.717, 1.165) is 18.4 Å². The smallest absolute Gasteiger partial charge is 0.270 e. The first-order valence-corrected chi connectivity index (χ1v) is 6.73. The quantitative estimate of drug-likeness (QED) is 0.439. The number of carbonyl (C=O) groups is 1. The molecule has 0 aliphatic rings. The maximum absolute atomic E-state index is 11.6. The van der Waals surface area contributed by atoms with Crippen molar-refractivity contribution in [3.63, 3.8) is 0 Å². The van der Waals surface area contributed by atoms with E-state index in [9.17, 15) is 14.9 Å². The van der Waals surface area contributed by atoms with Crippen LogP contribution in [0.2, 0.25) is 0 Å². The van der Waals surface area contributed by atoms with Gasteiger partial charge in [0.05, 0.1) is 11.3 Å². The lowest BCUT2D eigenvalue weighted by Crippen LogP contribution is -2.26. The molecule has 1 aromatic carbocycles. The summed E-state index contributed by atoms with van der Waals surface area (Å²) in [4.78, 5) is 21.8. The molecule has 6 nitrogen and oxygen atoms in total. The van der Waals surface area contributed by atoms with Gasteiger partial charge in [0, 0.05) is 23.2 Å². The minimum Gasteiger partial charge on any atom is -0.356 e. The Morgan fingerprint density at radius 1 is 1.40 bits per heavy atom. The molecule has 0 radical (unpaired) electrons. The third-order valence-corrected chi connectivity index (χ3v) is 3.29. The van der Waals surface area contributed by atoms with E-state index < -0.39 is 4.92 Å². The largest absolute Gasteiger partial charge is 0.356 e. The summed E-state index contributed by atoms with van der Waals surface area (Å²) in [6, 6.07) is 4.38. The van der Waals surface area contributed by atoms with Crippen LogP contribution >= 0.6 is 28.3 Å². The number of nitrogens with one attached hydrogen (secondary N) is 1. The number of amides is 1. The second kappa shape index (κ2) is 9.68. The van der Waals surface area contributed by atoms with Crippen molar-refractivity contribution in [2.24, 2.45) is 5.73 Å². The summed E-state index contributed by atoms with van der Waals surface area (Å²) >= 11 is 3.24. The van der Waals surface area contributed by atoms with Crippen LogP contribution in [0.5, 0.6) is 0 Å². The van der Waals surface area contributed by atoms with Crippen molar-refractivity contribution in [2.75, 3.05) is 13.1 Å². The Balaban J connectivity index is 0.00000361. The standard InChI is InChI=1S/C12H16BrN3O3.ClH/c13-11-8-10(16(18)19)4-3-9(11)7-12(17)15-6-2-1-5-14;/h3-4,8H,1-2,5-7,14H2,(H,15,17);1H. The lowest BCUT2D eigenvalue weighted by atomic mass is 10.1. The average molecular weight is 367 g/mol. The molecule has 0 heterocycles. The first kappa shape index (κ1) is 18.8. The van der Waals surface area contributed by atoms with Gasteiger partial charge in [-0.25, -0.2) is 0 Å². The van der Waals surface area contributed by atoms with E-state index >= 15 is 0 Å². The van der Waals surface area contributed by atoms with Gasteiger partial charge in [0.1, 0.15) is 0 Å². The van der Waals surface area contributed by atoms with Crippen molar-refractivity contribution in [3.05, 3.63) is 38.3 Å². The van der Waals surface area contributed by atoms with Crippen LogP contribution in [0.15, 0.2) is 22.7 Å². The van der Waals surface area contributed by atoms with Gasteiger partial charge in [0.25, 0.3) is 5.69 Å². The Morgan fingerprint density at radius 2 is 2.10 bits per heavy atom. The molecular formula is C12H17BrClN3O3. The molecule has 1 amide bonds. The van der Waals surface area contributed by atoms with Crippen LogP contribution in [-0.4, -0.2) is 23.9 Å². The molecule has 112 valence electrons. The third kappa shape index (κ3) is 6.31. The Morgan fingerprint density at radius 3 is 2.65 bits per heavy atom. The van der Waals surface area contributed by atoms with Crippen LogP contribution in [-0.2, 0) is 11.2 Å². The lowest BCUT2D eigenvalue weighted by molar-refractivity contribution is -0.384. The third-order valence-electron chi connectivity index (χ3n) is 2.55. The summed E-state index contributed by atoms with van der Waals surface area (Å²) in [5, 5.41) is 13.4. The van der Waals surface area contributed by atoms with Crippen molar-refractivity contribution in [3.8, 4) is 0 Å². The van der Waals surface area contributed by atoms with Gasteiger partial charge in [-0.3, -0.25) is 14.9 Å². The number of non-ortho nitro benzene ring substituents is 1. The van der Waals surface area contributed by atoms with Gasteiger partial charge < -0.3 is 11.1 Å². The van der Waals surface area contributed by atoms with Crippen molar-refractivity contribution in [2.45, 2.75) is 19.3 Å². The first-order chi connectivity index (χ1) is 9.04. The Bertz CT molecular complexity index is 471. The number of hydrogen-bond donors (Lipinski definition) is 2. The highest BCUT2D eigenvalue weighted by molar-refractivity contribution is 9.10. The van der Waals surface area contributed by atoms with Gasteiger partial charge in [-0.2, -0.15) is 0 Å². The van der Waals surface area contributed by atoms with Gasteiger partial charge in [0.2, 0.25) is 5.91 Å². The van der Waals surface area contributed by atoms with Crippen molar-refractivity contribution < 1.29 is 9.72 Å². The molecule has 3 N–H and O–H groups in total. The molecule has 0 bridgehead atoms. The summed E-state index contributed by atoms with van der Waals surface area (Å²) in [6.07, 6.45) is 1.92. The lowest BCUT2D eigenvalue weighted by Gasteiger charge is -2.06. The topological polar surface area (TPSA) is 98.3 Å². The number of halogens is 2. The molecule has 0 spiro atoms. The number of rotatable bonds is 7. The summed E-state index contributed by atoms with van der Waals surface area (Å²) in [5.41, 5.74) is 6.08. The van der Waals surface area contributed by atoms with Gasteiger partial charge >= 0.3 is 0 Å². The minimum atomic E-state index is -0.471. The Kier molecular flexibility index (Phi) is 9.11. The predicted octanol–water partition coefficient (Wildman–Crippen LogP) is 2.18. The zero-order valence-electron chi connectivity index (χ0n) is 10.8. The molecule has 1 aromatic rings. The molecule has 20 heavy (non-hydrogen) atoms. The van der Waals surface area contributed by atoms with Crippen LogP contribution in [0, 0.1) is 10.1 Å². The highest BCUT2D eigenvalue weighted by Crippen LogP contribution is 2.23. The average Bonchev–Trinajstić information content (AvgIpc) is 2.37. The molecule has 0 fully saturated rings. The van der Waals surface area contributed by atoms with E-state index in [1.54, 1.807) is 6.07 Å². The van der Waals surface area contributed by atoms with E-state index in [0.29, 0.717) is 17.6 Å². The fourth-order valence-electron chi connectivity index (χ4n) is 1.53. The number of nitrogens with two attached hydrogens (primary N) is 1. The first-order valence-electron chi connectivity index (χ1n) is 5.94. The molecule has 0 aliphatic heterocycles. The van der Waals surface area contributed by atoms with Crippen LogP contribution in [0.3, 0.4) is 0 Å². The van der Waals surface area contributed by atoms with Crippen LogP contribution < -0.4 is 11.1 Å². The number of unbranched alkanes of at least 4 members (excludes halogenated alkanes) is 1. The maximum Gasteiger partial charge on any atom is 0.270 e. The van der Waals surface area contributed by atoms with E-state index in [1.165, 1.54) is 12.1 Å². The maximum atomic E-state index is 11.6. The SMILES string of the molecule is Cl.NCCCCNC(=O)Cc1ccc([N+](=O)[O-])cc1Br. The monoisotopic (exact) mass is 365 g/mol.